The minimum absolute atomic E-state index is 0.112. The SMILES string of the molecule is C=CCOc1c(Br)cc(-c2n[nH]nc2C(=O)OCC)cc1OC. The van der Waals surface area contributed by atoms with Gasteiger partial charge in [-0.15, -0.1) is 5.10 Å². The molecule has 0 aliphatic carbocycles. The van der Waals surface area contributed by atoms with E-state index in [4.69, 9.17) is 14.2 Å². The second-order valence-corrected chi connectivity index (χ2v) is 5.18. The molecule has 2 rings (SSSR count). The second-order valence-electron chi connectivity index (χ2n) is 4.33. The first-order valence-electron chi connectivity index (χ1n) is 6.81. The van der Waals surface area contributed by atoms with E-state index in [1.807, 2.05) is 0 Å². The Kier molecular flexibility index (Phi) is 5.75. The van der Waals surface area contributed by atoms with Crippen molar-refractivity contribution in [3.8, 4) is 22.8 Å². The average Bonchev–Trinajstić information content (AvgIpc) is 3.03. The van der Waals surface area contributed by atoms with Gasteiger partial charge in [0.2, 0.25) is 0 Å². The molecule has 0 atom stereocenters. The minimum atomic E-state index is -0.543. The molecule has 0 aliphatic rings. The summed E-state index contributed by atoms with van der Waals surface area (Å²) in [6.45, 7) is 5.93. The summed E-state index contributed by atoms with van der Waals surface area (Å²) in [7, 11) is 1.53. The Bertz CT molecular complexity index is 715. The summed E-state index contributed by atoms with van der Waals surface area (Å²) in [5, 5.41) is 10.3. The van der Waals surface area contributed by atoms with Crippen molar-refractivity contribution in [2.24, 2.45) is 0 Å². The van der Waals surface area contributed by atoms with Crippen molar-refractivity contribution in [1.82, 2.24) is 15.4 Å². The number of carbonyl (C=O) groups is 1. The van der Waals surface area contributed by atoms with Gasteiger partial charge in [-0.2, -0.15) is 10.3 Å². The summed E-state index contributed by atoms with van der Waals surface area (Å²) in [4.78, 5) is 11.9. The van der Waals surface area contributed by atoms with Crippen LogP contribution in [0.25, 0.3) is 11.3 Å². The molecule has 1 aromatic carbocycles. The van der Waals surface area contributed by atoms with E-state index < -0.39 is 5.97 Å². The normalized spacial score (nSPS) is 10.2. The third-order valence-electron chi connectivity index (χ3n) is 2.87. The molecule has 0 unspecified atom stereocenters. The number of ether oxygens (including phenoxy) is 3. The van der Waals surface area contributed by atoms with E-state index in [0.717, 1.165) is 0 Å². The Balaban J connectivity index is 2.45. The number of hydrogen-bond donors (Lipinski definition) is 1. The molecule has 1 N–H and O–H groups in total. The van der Waals surface area contributed by atoms with Crippen LogP contribution in [-0.4, -0.2) is 41.7 Å². The van der Waals surface area contributed by atoms with Gasteiger partial charge < -0.3 is 14.2 Å². The first kappa shape index (κ1) is 17.0. The van der Waals surface area contributed by atoms with E-state index in [-0.39, 0.29) is 12.3 Å². The zero-order valence-corrected chi connectivity index (χ0v) is 14.3. The molecule has 0 radical (unpaired) electrons. The Morgan fingerprint density at radius 3 is 2.87 bits per heavy atom. The first-order valence-corrected chi connectivity index (χ1v) is 7.61. The smallest absolute Gasteiger partial charge is 0.361 e. The van der Waals surface area contributed by atoms with Crippen molar-refractivity contribution < 1.29 is 19.0 Å². The third-order valence-corrected chi connectivity index (χ3v) is 3.45. The summed E-state index contributed by atoms with van der Waals surface area (Å²) in [5.74, 6) is 0.490. The minimum Gasteiger partial charge on any atom is -0.493 e. The van der Waals surface area contributed by atoms with E-state index in [2.05, 4.69) is 37.9 Å². The number of hydrogen-bond acceptors (Lipinski definition) is 6. The summed E-state index contributed by atoms with van der Waals surface area (Å²) in [6.07, 6.45) is 1.64. The highest BCUT2D eigenvalue weighted by Crippen LogP contribution is 2.39. The average molecular weight is 382 g/mol. The van der Waals surface area contributed by atoms with Crippen LogP contribution in [0.3, 0.4) is 0 Å². The van der Waals surface area contributed by atoms with Crippen molar-refractivity contribution in [3.05, 3.63) is 35.0 Å². The van der Waals surface area contributed by atoms with Gasteiger partial charge >= 0.3 is 5.97 Å². The maximum Gasteiger partial charge on any atom is 0.361 e. The topological polar surface area (TPSA) is 86.3 Å². The molecule has 0 saturated carbocycles. The highest BCUT2D eigenvalue weighted by Gasteiger charge is 2.21. The number of benzene rings is 1. The summed E-state index contributed by atoms with van der Waals surface area (Å²) in [6, 6.07) is 3.48. The van der Waals surface area contributed by atoms with Crippen LogP contribution in [0.5, 0.6) is 11.5 Å². The van der Waals surface area contributed by atoms with E-state index in [1.165, 1.54) is 7.11 Å². The van der Waals surface area contributed by atoms with E-state index in [9.17, 15) is 4.79 Å². The fourth-order valence-corrected chi connectivity index (χ4v) is 2.47. The fraction of sp³-hybridized carbons (Fsp3) is 0.267. The standard InChI is InChI=1S/C15H16BrN3O4/c1-4-6-23-14-10(16)7-9(8-11(14)21-3)12-13(18-19-17-12)15(20)22-5-2/h4,7-8H,1,5-6H2,2-3H3,(H,17,18,19). The maximum absolute atomic E-state index is 11.9. The lowest BCUT2D eigenvalue weighted by Crippen LogP contribution is -2.07. The van der Waals surface area contributed by atoms with Crippen LogP contribution in [0.4, 0.5) is 0 Å². The first-order chi connectivity index (χ1) is 11.1. The van der Waals surface area contributed by atoms with Crippen LogP contribution < -0.4 is 9.47 Å². The molecule has 122 valence electrons. The Morgan fingerprint density at radius 2 is 2.22 bits per heavy atom. The predicted molar refractivity (Wildman–Crippen MR) is 87.7 cm³/mol. The summed E-state index contributed by atoms with van der Waals surface area (Å²) in [5.41, 5.74) is 1.12. The number of carbonyl (C=O) groups excluding carboxylic acids is 1. The van der Waals surface area contributed by atoms with Gasteiger partial charge in [-0.05, 0) is 35.0 Å². The van der Waals surface area contributed by atoms with Gasteiger partial charge in [-0.1, -0.05) is 12.7 Å². The number of halogens is 1. The van der Waals surface area contributed by atoms with Crippen molar-refractivity contribution in [2.75, 3.05) is 20.3 Å². The van der Waals surface area contributed by atoms with Crippen LogP contribution in [0.15, 0.2) is 29.3 Å². The third kappa shape index (κ3) is 3.70. The molecule has 8 heteroatoms. The molecule has 1 heterocycles. The zero-order valence-electron chi connectivity index (χ0n) is 12.8. The lowest BCUT2D eigenvalue weighted by Gasteiger charge is -2.13. The van der Waals surface area contributed by atoms with Gasteiger partial charge in [0.1, 0.15) is 12.3 Å². The molecule has 0 fully saturated rings. The largest absolute Gasteiger partial charge is 0.493 e. The number of esters is 1. The molecular weight excluding hydrogens is 366 g/mol. The number of aromatic nitrogens is 3. The molecule has 0 aliphatic heterocycles. The lowest BCUT2D eigenvalue weighted by atomic mass is 10.1. The number of methoxy groups -OCH3 is 1. The highest BCUT2D eigenvalue weighted by molar-refractivity contribution is 9.10. The molecule has 23 heavy (non-hydrogen) atoms. The number of rotatable bonds is 7. The van der Waals surface area contributed by atoms with Gasteiger partial charge in [0.15, 0.2) is 17.2 Å². The highest BCUT2D eigenvalue weighted by atomic mass is 79.9. The van der Waals surface area contributed by atoms with E-state index in [1.54, 1.807) is 25.1 Å². The molecule has 0 amide bonds. The number of aromatic amines is 1. The van der Waals surface area contributed by atoms with Crippen molar-refractivity contribution >= 4 is 21.9 Å². The molecule has 2 aromatic rings. The molecule has 0 spiro atoms. The van der Waals surface area contributed by atoms with Crippen molar-refractivity contribution in [2.45, 2.75) is 6.92 Å². The summed E-state index contributed by atoms with van der Waals surface area (Å²) >= 11 is 3.43. The number of nitrogens with zero attached hydrogens (tertiary/aromatic N) is 2. The Hall–Kier alpha value is -2.35. The Labute approximate surface area is 141 Å². The summed E-state index contributed by atoms with van der Waals surface area (Å²) < 4.78 is 16.5. The van der Waals surface area contributed by atoms with Crippen LogP contribution in [0.1, 0.15) is 17.4 Å². The van der Waals surface area contributed by atoms with E-state index >= 15 is 0 Å². The maximum atomic E-state index is 11.9. The van der Waals surface area contributed by atoms with Gasteiger partial charge in [-0.3, -0.25) is 0 Å². The van der Waals surface area contributed by atoms with Crippen molar-refractivity contribution in [1.29, 1.82) is 0 Å². The van der Waals surface area contributed by atoms with Gasteiger partial charge in [0, 0.05) is 5.56 Å². The second kappa shape index (κ2) is 7.77. The van der Waals surface area contributed by atoms with Crippen molar-refractivity contribution in [3.63, 3.8) is 0 Å². The molecule has 7 nitrogen and oxygen atoms in total. The van der Waals surface area contributed by atoms with Crippen LogP contribution in [-0.2, 0) is 4.74 Å². The molecule has 0 bridgehead atoms. The number of H-pyrrole nitrogens is 1. The Morgan fingerprint density at radius 1 is 1.43 bits per heavy atom. The number of nitrogens with one attached hydrogen (secondary N) is 1. The van der Waals surface area contributed by atoms with E-state index in [0.29, 0.717) is 33.8 Å². The molecule has 0 saturated heterocycles. The van der Waals surface area contributed by atoms with Gasteiger partial charge in [0.25, 0.3) is 0 Å². The monoisotopic (exact) mass is 381 g/mol. The van der Waals surface area contributed by atoms with Gasteiger partial charge in [0.05, 0.1) is 18.2 Å². The van der Waals surface area contributed by atoms with Crippen LogP contribution in [0.2, 0.25) is 0 Å². The lowest BCUT2D eigenvalue weighted by molar-refractivity contribution is 0.0520. The predicted octanol–water partition coefficient (Wildman–Crippen LogP) is 2.98. The molecule has 1 aromatic heterocycles. The van der Waals surface area contributed by atoms with Gasteiger partial charge in [-0.25, -0.2) is 4.79 Å². The zero-order chi connectivity index (χ0) is 16.8. The van der Waals surface area contributed by atoms with Crippen LogP contribution >= 0.6 is 15.9 Å². The quantitative estimate of drug-likeness (QED) is 0.585. The molecular formula is C15H16BrN3O4. The van der Waals surface area contributed by atoms with Crippen LogP contribution in [0, 0.1) is 0 Å². The fourth-order valence-electron chi connectivity index (χ4n) is 1.91.